The molecule has 0 amide bonds. The van der Waals surface area contributed by atoms with Crippen molar-refractivity contribution >= 4 is 23.8 Å². The first-order valence-electron chi connectivity index (χ1n) is 22.8. The summed E-state index contributed by atoms with van der Waals surface area (Å²) in [6, 6.07) is 9.06. The van der Waals surface area contributed by atoms with E-state index in [1.165, 1.54) is 38.2 Å². The van der Waals surface area contributed by atoms with Gasteiger partial charge in [-0.3, -0.25) is 9.59 Å². The molecular weight excluding hydrogens is 862 g/mol. The molecule has 4 fully saturated rings. The number of carbonyl (C=O) groups is 2. The Morgan fingerprint density at radius 2 is 1.06 bits per heavy atom. The van der Waals surface area contributed by atoms with Crippen molar-refractivity contribution in [2.24, 2.45) is 35.5 Å². The second-order valence-electron chi connectivity index (χ2n) is 17.7. The Bertz CT molecular complexity index is 2160. The maximum absolute atomic E-state index is 14.2. The molecule has 67 heavy (non-hydrogen) atoms. The van der Waals surface area contributed by atoms with Gasteiger partial charge in [0.1, 0.15) is 23.1 Å². The molecule has 4 atom stereocenters. The van der Waals surface area contributed by atoms with E-state index in [1.54, 1.807) is 32.4 Å². The number of nitrogens with zero attached hydrogens (tertiary/aromatic N) is 6. The van der Waals surface area contributed by atoms with E-state index in [9.17, 15) is 18.4 Å². The van der Waals surface area contributed by atoms with Crippen LogP contribution in [0.5, 0.6) is 11.5 Å². The summed E-state index contributed by atoms with van der Waals surface area (Å²) in [5.74, 6) is 4.44. The van der Waals surface area contributed by atoms with Crippen molar-refractivity contribution in [1.29, 1.82) is 0 Å². The van der Waals surface area contributed by atoms with E-state index in [-0.39, 0.29) is 42.7 Å². The summed E-state index contributed by atoms with van der Waals surface area (Å²) in [5.41, 5.74) is 2.46. The van der Waals surface area contributed by atoms with Crippen molar-refractivity contribution in [2.75, 3.05) is 70.5 Å². The first kappa shape index (κ1) is 53.0. The molecule has 4 aromatic rings. The number of anilines is 2. The van der Waals surface area contributed by atoms with Gasteiger partial charge in [0.05, 0.1) is 46.4 Å². The maximum Gasteiger partial charge on any atom is 1.00 e. The van der Waals surface area contributed by atoms with Crippen molar-refractivity contribution in [3.05, 3.63) is 95.1 Å². The van der Waals surface area contributed by atoms with Gasteiger partial charge in [-0.15, -0.1) is 0 Å². The van der Waals surface area contributed by atoms with Crippen LogP contribution in [0.25, 0.3) is 0 Å². The molecule has 0 bridgehead atoms. The Morgan fingerprint density at radius 3 is 1.42 bits per heavy atom. The minimum atomic E-state index is -1.05. The fourth-order valence-electron chi connectivity index (χ4n) is 9.49. The van der Waals surface area contributed by atoms with Gasteiger partial charge in [0.15, 0.2) is 0 Å². The Balaban J connectivity index is 0.000000244. The number of methoxy groups -OCH3 is 3. The van der Waals surface area contributed by atoms with E-state index in [1.807, 2.05) is 24.8 Å². The van der Waals surface area contributed by atoms with E-state index < -0.39 is 23.6 Å². The molecule has 2 aliphatic carbocycles. The maximum atomic E-state index is 14.2. The zero-order valence-corrected chi connectivity index (χ0v) is 39.2. The number of esters is 1. The zero-order valence-electron chi connectivity index (χ0n) is 39.2. The second-order valence-corrected chi connectivity index (χ2v) is 17.7. The number of carbonyl (C=O) groups excluding carboxylic acids is 1. The van der Waals surface area contributed by atoms with Crippen molar-refractivity contribution in [3.8, 4) is 11.5 Å². The standard InChI is InChI=1S/C25H32FN3O4.C24H30FN3O4.Li.H2O/c1-31-16-17-14-27-25(28-15-17)29-8-5-18(6-9-29)22-11-19(22)7-10-33-21-4-3-20(23(26)13-21)12-24(30)32-2;1-31-15-16-13-26-24(27-14-16)28-7-4-17(5-8-28)21-10-18(21)6-9-32-20-3-2-19(11-23(29)30)22(25)12-20;;/h3-4,13-15,18-19,22H,5-12,16H2,1-2H3;2-3,12-14,17-18,21H,4-11,15H2,1H3,(H,29,30);;1H2/q;;+1;/p-1/t19-,22-;18-,21-;;/m11../s1. The van der Waals surface area contributed by atoms with Gasteiger partial charge < -0.3 is 44.1 Å². The number of hydrogen-bond acceptors (Lipinski definition) is 14. The van der Waals surface area contributed by atoms with Crippen molar-refractivity contribution in [2.45, 2.75) is 77.4 Å². The molecule has 18 heteroatoms. The first-order chi connectivity index (χ1) is 31.6. The fourth-order valence-corrected chi connectivity index (χ4v) is 9.49. The Kier molecular flexibility index (Phi) is 20.6. The van der Waals surface area contributed by atoms with Crippen LogP contribution in [-0.4, -0.2) is 103 Å². The molecule has 2 saturated heterocycles. The third-order valence-electron chi connectivity index (χ3n) is 13.3. The third kappa shape index (κ3) is 15.6. The van der Waals surface area contributed by atoms with Crippen LogP contribution in [0.2, 0.25) is 0 Å². The predicted molar refractivity (Wildman–Crippen MR) is 241 cm³/mol. The fraction of sp³-hybridized carbons (Fsp3) is 0.551. The number of piperidine rings is 2. The molecule has 0 spiro atoms. The summed E-state index contributed by atoms with van der Waals surface area (Å²) in [6.45, 7) is 6.14. The molecular formula is C49H63F2LiN6O9. The van der Waals surface area contributed by atoms with Gasteiger partial charge in [-0.1, -0.05) is 12.1 Å². The van der Waals surface area contributed by atoms with Gasteiger partial charge in [-0.2, -0.15) is 0 Å². The molecule has 2 saturated carbocycles. The summed E-state index contributed by atoms with van der Waals surface area (Å²) in [7, 11) is 4.63. The van der Waals surface area contributed by atoms with Crippen molar-refractivity contribution in [3.63, 3.8) is 0 Å². The number of ether oxygens (including phenoxy) is 5. The molecule has 15 nitrogen and oxygen atoms in total. The van der Waals surface area contributed by atoms with E-state index in [0.717, 1.165) is 111 Å². The van der Waals surface area contributed by atoms with E-state index in [0.29, 0.717) is 55.3 Å². The zero-order chi connectivity index (χ0) is 45.7. The van der Waals surface area contributed by atoms with Crippen LogP contribution in [-0.2, 0) is 49.9 Å². The molecule has 358 valence electrons. The smallest absolute Gasteiger partial charge is 0.870 e. The minimum Gasteiger partial charge on any atom is -0.870 e. The van der Waals surface area contributed by atoms with E-state index >= 15 is 0 Å². The molecule has 8 rings (SSSR count). The molecule has 0 radical (unpaired) electrons. The van der Waals surface area contributed by atoms with Crippen LogP contribution < -0.4 is 38.1 Å². The monoisotopic (exact) mass is 924 g/mol. The van der Waals surface area contributed by atoms with Crippen molar-refractivity contribution < 1.29 is 71.5 Å². The molecule has 2 N–H and O–H groups in total. The van der Waals surface area contributed by atoms with Crippen LogP contribution in [0.3, 0.4) is 0 Å². The average molecular weight is 925 g/mol. The van der Waals surface area contributed by atoms with Gasteiger partial charge in [-0.05, 0) is 110 Å². The number of hydrogen-bond donors (Lipinski definition) is 1. The number of benzene rings is 2. The molecule has 2 aromatic heterocycles. The van der Waals surface area contributed by atoms with Crippen LogP contribution in [0.1, 0.15) is 73.6 Å². The number of carboxylic acid groups (broad SMARTS) is 1. The van der Waals surface area contributed by atoms with E-state index in [4.69, 9.17) is 24.1 Å². The number of rotatable bonds is 20. The quantitative estimate of drug-likeness (QED) is 0.0974. The summed E-state index contributed by atoms with van der Waals surface area (Å²) in [5, 5.41) is 8.79. The normalized spacial score (nSPS) is 20.1. The topological polar surface area (TPSA) is 189 Å². The average Bonchev–Trinajstić information content (AvgIpc) is 4.26. The van der Waals surface area contributed by atoms with Crippen LogP contribution in [0, 0.1) is 47.1 Å². The summed E-state index contributed by atoms with van der Waals surface area (Å²) in [6.07, 6.45) is 16.0. The van der Waals surface area contributed by atoms with Gasteiger partial charge in [0.2, 0.25) is 11.9 Å². The Labute approximate surface area is 403 Å². The Hall–Kier alpha value is -4.92. The Morgan fingerprint density at radius 1 is 0.657 bits per heavy atom. The number of carboxylic acids is 1. The minimum absolute atomic E-state index is 0. The third-order valence-corrected chi connectivity index (χ3v) is 13.3. The summed E-state index contributed by atoms with van der Waals surface area (Å²) >= 11 is 0. The van der Waals surface area contributed by atoms with Gasteiger partial charge >= 0.3 is 30.8 Å². The van der Waals surface area contributed by atoms with Crippen LogP contribution in [0.15, 0.2) is 61.2 Å². The first-order valence-corrected chi connectivity index (χ1v) is 22.8. The summed E-state index contributed by atoms with van der Waals surface area (Å²) in [4.78, 5) is 44.5. The number of aliphatic carboxylic acids is 1. The van der Waals surface area contributed by atoms with Crippen molar-refractivity contribution in [1.82, 2.24) is 19.9 Å². The molecule has 0 unspecified atom stereocenters. The van der Waals surface area contributed by atoms with Crippen LogP contribution >= 0.6 is 0 Å². The van der Waals surface area contributed by atoms with Gasteiger partial charge in [0, 0.05) is 88.4 Å². The molecule has 4 heterocycles. The van der Waals surface area contributed by atoms with Gasteiger partial charge in [0.25, 0.3) is 0 Å². The number of halogens is 2. The second kappa shape index (κ2) is 26.0. The van der Waals surface area contributed by atoms with Crippen LogP contribution in [0.4, 0.5) is 20.7 Å². The molecule has 4 aliphatic rings. The predicted octanol–water partition coefficient (Wildman–Crippen LogP) is 4.34. The largest absolute Gasteiger partial charge is 1.00 e. The van der Waals surface area contributed by atoms with Gasteiger partial charge in [-0.25, -0.2) is 28.7 Å². The molecule has 2 aromatic carbocycles. The summed E-state index contributed by atoms with van der Waals surface area (Å²) < 4.78 is 54.4. The number of aromatic nitrogens is 4. The van der Waals surface area contributed by atoms with E-state index in [2.05, 4.69) is 34.5 Å². The SMILES string of the molecule is COCc1cnc(N2CCC([C@H]3C[C@H]3CCOc3ccc(CC(=O)O)c(F)c3)CC2)nc1.COCc1cnc(N2CCC([C@H]3C[C@H]3CCOc3ccc(CC(=O)OC)c(F)c3)CC2)nc1.[Li+].[OH-]. The molecule has 2 aliphatic heterocycles.